The number of aromatic nitrogens is 1. The van der Waals surface area contributed by atoms with Crippen molar-refractivity contribution in [3.63, 3.8) is 0 Å². The zero-order chi connectivity index (χ0) is 9.68. The number of hydrogen-bond donors (Lipinski definition) is 0. The van der Waals surface area contributed by atoms with Gasteiger partial charge in [-0.25, -0.2) is 4.39 Å². The summed E-state index contributed by atoms with van der Waals surface area (Å²) in [5.41, 5.74) is 1.32. The van der Waals surface area contributed by atoms with E-state index in [1.165, 1.54) is 18.3 Å². The van der Waals surface area contributed by atoms with Gasteiger partial charge in [-0.2, -0.15) is 0 Å². The minimum Gasteiger partial charge on any atom is -0.256 e. The molecule has 1 nitrogen and oxygen atoms in total. The van der Waals surface area contributed by atoms with Crippen LogP contribution in [0.1, 0.15) is 5.69 Å². The van der Waals surface area contributed by atoms with Crippen LogP contribution in [0.15, 0.2) is 49.7 Å². The Morgan fingerprint density at radius 3 is 2.77 bits per heavy atom. The fourth-order valence-electron chi connectivity index (χ4n) is 0.948. The summed E-state index contributed by atoms with van der Waals surface area (Å²) in [6, 6.07) is 2.66. The quantitative estimate of drug-likeness (QED) is 0.643. The molecule has 2 heteroatoms. The second-order valence-corrected chi connectivity index (χ2v) is 2.42. The van der Waals surface area contributed by atoms with E-state index in [0.717, 1.165) is 5.57 Å². The van der Waals surface area contributed by atoms with Gasteiger partial charge in [-0.1, -0.05) is 31.4 Å². The summed E-state index contributed by atoms with van der Waals surface area (Å²) in [5.74, 6) is -0.304. The van der Waals surface area contributed by atoms with Gasteiger partial charge in [0.2, 0.25) is 0 Å². The van der Waals surface area contributed by atoms with E-state index >= 15 is 0 Å². The van der Waals surface area contributed by atoms with Crippen molar-refractivity contribution in [1.82, 2.24) is 4.98 Å². The molecular formula is C11H10FN. The standard InChI is InChI=1S/C11H10FN/c1-3-5-9(4-2)11-8-10(12)6-7-13-11/h3-8H,1-2H2/b9-5+. The normalized spacial score (nSPS) is 11.0. The van der Waals surface area contributed by atoms with Crippen LogP contribution in [-0.2, 0) is 0 Å². The summed E-state index contributed by atoms with van der Waals surface area (Å²) < 4.78 is 12.8. The molecule has 1 rings (SSSR count). The predicted molar refractivity (Wildman–Crippen MR) is 52.6 cm³/mol. The molecule has 0 unspecified atom stereocenters. The zero-order valence-corrected chi connectivity index (χ0v) is 7.20. The molecule has 0 atom stereocenters. The fourth-order valence-corrected chi connectivity index (χ4v) is 0.948. The first kappa shape index (κ1) is 9.39. The van der Waals surface area contributed by atoms with Crippen molar-refractivity contribution in [3.8, 4) is 0 Å². The molecule has 0 aliphatic heterocycles. The summed E-state index contributed by atoms with van der Waals surface area (Å²) in [4.78, 5) is 4.00. The SMILES string of the molecule is C=C/C=C(\C=C)c1cc(F)ccn1. The van der Waals surface area contributed by atoms with Crippen LogP contribution in [-0.4, -0.2) is 4.98 Å². The van der Waals surface area contributed by atoms with Gasteiger partial charge in [-0.15, -0.1) is 0 Å². The Morgan fingerprint density at radius 2 is 2.23 bits per heavy atom. The third-order valence-electron chi connectivity index (χ3n) is 1.54. The zero-order valence-electron chi connectivity index (χ0n) is 7.20. The lowest BCUT2D eigenvalue weighted by atomic mass is 10.1. The molecule has 0 aromatic carbocycles. The fraction of sp³-hybridized carbons (Fsp3) is 0. The largest absolute Gasteiger partial charge is 0.256 e. The lowest BCUT2D eigenvalue weighted by molar-refractivity contribution is 0.625. The average Bonchev–Trinajstić information content (AvgIpc) is 2.14. The van der Waals surface area contributed by atoms with Crippen molar-refractivity contribution >= 4 is 5.57 Å². The van der Waals surface area contributed by atoms with Crippen LogP contribution in [0, 0.1) is 5.82 Å². The van der Waals surface area contributed by atoms with Crippen LogP contribution >= 0.6 is 0 Å². The Bertz CT molecular complexity index is 353. The minimum absolute atomic E-state index is 0.304. The first-order chi connectivity index (χ1) is 6.27. The average molecular weight is 175 g/mol. The van der Waals surface area contributed by atoms with E-state index in [2.05, 4.69) is 18.1 Å². The van der Waals surface area contributed by atoms with E-state index in [1.54, 1.807) is 18.2 Å². The van der Waals surface area contributed by atoms with Crippen LogP contribution in [0.4, 0.5) is 4.39 Å². The Morgan fingerprint density at radius 1 is 1.46 bits per heavy atom. The first-order valence-electron chi connectivity index (χ1n) is 3.85. The molecule has 0 aliphatic rings. The van der Waals surface area contributed by atoms with E-state index in [4.69, 9.17) is 0 Å². The third-order valence-corrected chi connectivity index (χ3v) is 1.54. The van der Waals surface area contributed by atoms with Gasteiger partial charge >= 0.3 is 0 Å². The maximum atomic E-state index is 12.8. The van der Waals surface area contributed by atoms with Crippen LogP contribution in [0.25, 0.3) is 5.57 Å². The molecule has 0 N–H and O–H groups in total. The Hall–Kier alpha value is -1.70. The van der Waals surface area contributed by atoms with Crippen molar-refractivity contribution < 1.29 is 4.39 Å². The van der Waals surface area contributed by atoms with E-state index in [-0.39, 0.29) is 5.82 Å². The van der Waals surface area contributed by atoms with Gasteiger partial charge < -0.3 is 0 Å². The molecule has 66 valence electrons. The molecule has 0 bridgehead atoms. The molecule has 0 aliphatic carbocycles. The molecule has 1 aromatic heterocycles. The minimum atomic E-state index is -0.304. The molecule has 0 spiro atoms. The summed E-state index contributed by atoms with van der Waals surface area (Å²) in [6.07, 6.45) is 6.38. The second kappa shape index (κ2) is 4.36. The molecule has 13 heavy (non-hydrogen) atoms. The topological polar surface area (TPSA) is 12.9 Å². The van der Waals surface area contributed by atoms with E-state index < -0.39 is 0 Å². The molecular weight excluding hydrogens is 165 g/mol. The van der Waals surface area contributed by atoms with Crippen molar-refractivity contribution in [2.24, 2.45) is 0 Å². The predicted octanol–water partition coefficient (Wildman–Crippen LogP) is 2.98. The highest BCUT2D eigenvalue weighted by Crippen LogP contribution is 2.13. The molecule has 0 saturated carbocycles. The van der Waals surface area contributed by atoms with Gasteiger partial charge in [0.05, 0.1) is 5.69 Å². The van der Waals surface area contributed by atoms with Crippen LogP contribution in [0.3, 0.4) is 0 Å². The number of nitrogens with zero attached hydrogens (tertiary/aromatic N) is 1. The lowest BCUT2D eigenvalue weighted by Crippen LogP contribution is -1.87. The number of rotatable bonds is 3. The van der Waals surface area contributed by atoms with Crippen molar-refractivity contribution in [2.45, 2.75) is 0 Å². The highest BCUT2D eigenvalue weighted by atomic mass is 19.1. The van der Waals surface area contributed by atoms with Gasteiger partial charge in [0.15, 0.2) is 0 Å². The second-order valence-electron chi connectivity index (χ2n) is 2.42. The van der Waals surface area contributed by atoms with Crippen molar-refractivity contribution in [2.75, 3.05) is 0 Å². The molecule has 1 aromatic rings. The Kier molecular flexibility index (Phi) is 3.15. The van der Waals surface area contributed by atoms with Gasteiger partial charge in [0, 0.05) is 12.3 Å². The lowest BCUT2D eigenvalue weighted by Gasteiger charge is -1.99. The van der Waals surface area contributed by atoms with Gasteiger partial charge in [-0.05, 0) is 11.6 Å². The molecule has 0 saturated heterocycles. The summed E-state index contributed by atoms with van der Waals surface area (Å²) in [7, 11) is 0. The van der Waals surface area contributed by atoms with E-state index in [0.29, 0.717) is 5.69 Å². The summed E-state index contributed by atoms with van der Waals surface area (Å²) >= 11 is 0. The first-order valence-corrected chi connectivity index (χ1v) is 3.85. The van der Waals surface area contributed by atoms with Crippen LogP contribution in [0.5, 0.6) is 0 Å². The highest BCUT2D eigenvalue weighted by molar-refractivity contribution is 5.72. The molecule has 0 fully saturated rings. The van der Waals surface area contributed by atoms with Crippen molar-refractivity contribution in [1.29, 1.82) is 0 Å². The van der Waals surface area contributed by atoms with Crippen LogP contribution < -0.4 is 0 Å². The number of halogens is 1. The molecule has 0 radical (unpaired) electrons. The number of allylic oxidation sites excluding steroid dienone is 4. The van der Waals surface area contributed by atoms with E-state index in [9.17, 15) is 4.39 Å². The number of pyridine rings is 1. The summed E-state index contributed by atoms with van der Waals surface area (Å²) in [5, 5.41) is 0. The summed E-state index contributed by atoms with van der Waals surface area (Å²) in [6.45, 7) is 7.16. The molecule has 1 heterocycles. The maximum absolute atomic E-state index is 12.8. The smallest absolute Gasteiger partial charge is 0.126 e. The van der Waals surface area contributed by atoms with Gasteiger partial charge in [0.25, 0.3) is 0 Å². The van der Waals surface area contributed by atoms with Gasteiger partial charge in [0.1, 0.15) is 5.82 Å². The van der Waals surface area contributed by atoms with Gasteiger partial charge in [-0.3, -0.25) is 4.98 Å². The Balaban J connectivity index is 3.12. The number of hydrogen-bond acceptors (Lipinski definition) is 1. The highest BCUT2D eigenvalue weighted by Gasteiger charge is 1.98. The third kappa shape index (κ3) is 2.37. The van der Waals surface area contributed by atoms with E-state index in [1.807, 2.05) is 0 Å². The monoisotopic (exact) mass is 175 g/mol. The molecule has 0 amide bonds. The van der Waals surface area contributed by atoms with Crippen LogP contribution in [0.2, 0.25) is 0 Å². The van der Waals surface area contributed by atoms with Crippen molar-refractivity contribution in [3.05, 3.63) is 61.2 Å². The maximum Gasteiger partial charge on any atom is 0.126 e. The Labute approximate surface area is 76.9 Å².